The number of anilines is 1. The summed E-state index contributed by atoms with van der Waals surface area (Å²) in [6.07, 6.45) is 0.372. The fraction of sp³-hybridized carbons (Fsp3) is 0.423. The number of carboxylic acid groups (broad SMARTS) is 1. The fourth-order valence-corrected chi connectivity index (χ4v) is 4.90. The van der Waals surface area contributed by atoms with E-state index in [4.69, 9.17) is 15.3 Å². The molecular weight excluding hydrogens is 461 g/mol. The van der Waals surface area contributed by atoms with Crippen molar-refractivity contribution in [2.75, 3.05) is 11.4 Å². The Morgan fingerprint density at radius 1 is 1.09 bits per heavy atom. The summed E-state index contributed by atoms with van der Waals surface area (Å²) in [4.78, 5) is 24.6. The monoisotopic (exact) mass is 488 g/mol. The highest BCUT2D eigenvalue weighted by atomic mass is 19.4. The molecule has 1 aliphatic heterocycles. The molecule has 1 saturated carbocycles. The Bertz CT molecular complexity index is 1140. The summed E-state index contributed by atoms with van der Waals surface area (Å²) in [6.45, 7) is 0.0466. The van der Waals surface area contributed by atoms with Crippen LogP contribution in [-0.2, 0) is 28.8 Å². The number of alkyl halides is 3. The highest BCUT2D eigenvalue weighted by Crippen LogP contribution is 2.39. The molecule has 0 radical (unpaired) electrons. The van der Waals surface area contributed by atoms with Crippen molar-refractivity contribution in [2.24, 2.45) is 0 Å². The van der Waals surface area contributed by atoms with Crippen LogP contribution in [0.3, 0.4) is 0 Å². The summed E-state index contributed by atoms with van der Waals surface area (Å²) in [5.74, 6) is -1.38. The van der Waals surface area contributed by atoms with E-state index >= 15 is 0 Å². The van der Waals surface area contributed by atoms with E-state index in [9.17, 15) is 22.8 Å². The average Bonchev–Trinajstić information content (AvgIpc) is 3.25. The van der Waals surface area contributed by atoms with Crippen LogP contribution in [-0.4, -0.2) is 29.2 Å². The summed E-state index contributed by atoms with van der Waals surface area (Å²) in [6, 6.07) is 9.41. The van der Waals surface area contributed by atoms with Crippen molar-refractivity contribution in [3.8, 4) is 5.75 Å². The van der Waals surface area contributed by atoms with Gasteiger partial charge < -0.3 is 14.7 Å². The number of aliphatic carboxylic acids is 1. The standard InChI is InChI=1S/C26H27F3N2O4/c27-26(28,29)21-13-17(16-4-2-1-3-5-16)6-7-19(21)15-35-20-8-9-23-18(12-20)10-11-31(23)25(34)22(30)14-24(32)33/h6-9,12-13,16,30H,1-5,10-11,14-15H2,(H,32,33). The van der Waals surface area contributed by atoms with Crippen LogP contribution >= 0.6 is 0 Å². The summed E-state index contributed by atoms with van der Waals surface area (Å²) in [5, 5.41) is 16.5. The topological polar surface area (TPSA) is 90.7 Å². The van der Waals surface area contributed by atoms with Crippen LogP contribution in [0.25, 0.3) is 0 Å². The van der Waals surface area contributed by atoms with Crippen LogP contribution in [0.2, 0.25) is 0 Å². The number of ether oxygens (including phenoxy) is 1. The van der Waals surface area contributed by atoms with Crippen molar-refractivity contribution in [3.05, 3.63) is 58.7 Å². The first-order chi connectivity index (χ1) is 16.6. The van der Waals surface area contributed by atoms with Crippen molar-refractivity contribution in [1.29, 1.82) is 5.41 Å². The van der Waals surface area contributed by atoms with Gasteiger partial charge in [0.15, 0.2) is 0 Å². The number of rotatable bonds is 7. The molecule has 2 aromatic rings. The summed E-state index contributed by atoms with van der Waals surface area (Å²) >= 11 is 0. The first-order valence-electron chi connectivity index (χ1n) is 11.7. The van der Waals surface area contributed by atoms with Crippen LogP contribution < -0.4 is 9.64 Å². The van der Waals surface area contributed by atoms with Gasteiger partial charge in [-0.05, 0) is 60.6 Å². The zero-order chi connectivity index (χ0) is 25.2. The van der Waals surface area contributed by atoms with Crippen LogP contribution in [0.4, 0.5) is 18.9 Å². The molecule has 2 N–H and O–H groups in total. The fourth-order valence-electron chi connectivity index (χ4n) is 4.90. The van der Waals surface area contributed by atoms with E-state index in [0.717, 1.165) is 43.2 Å². The van der Waals surface area contributed by atoms with E-state index in [0.29, 0.717) is 24.4 Å². The average molecular weight is 489 g/mol. The van der Waals surface area contributed by atoms with Crippen molar-refractivity contribution >= 4 is 23.3 Å². The molecule has 1 fully saturated rings. The van der Waals surface area contributed by atoms with Gasteiger partial charge in [0, 0.05) is 17.8 Å². The molecule has 6 nitrogen and oxygen atoms in total. The predicted octanol–water partition coefficient (Wildman–Crippen LogP) is 5.72. The normalized spacial score (nSPS) is 16.1. The van der Waals surface area contributed by atoms with Crippen LogP contribution in [0.1, 0.15) is 66.7 Å². The number of carboxylic acids is 1. The Morgan fingerprint density at radius 2 is 1.83 bits per heavy atom. The zero-order valence-corrected chi connectivity index (χ0v) is 19.2. The maximum atomic E-state index is 13.8. The number of halogens is 3. The first-order valence-corrected chi connectivity index (χ1v) is 11.7. The molecule has 0 saturated heterocycles. The third-order valence-electron chi connectivity index (χ3n) is 6.69. The number of benzene rings is 2. The second kappa shape index (κ2) is 10.1. The van der Waals surface area contributed by atoms with Gasteiger partial charge in [-0.1, -0.05) is 31.4 Å². The lowest BCUT2D eigenvalue weighted by Gasteiger charge is -2.24. The number of hydrogen-bond acceptors (Lipinski definition) is 4. The van der Waals surface area contributed by atoms with E-state index in [1.54, 1.807) is 24.3 Å². The van der Waals surface area contributed by atoms with Gasteiger partial charge in [0.2, 0.25) is 0 Å². The number of carbonyl (C=O) groups is 2. The van der Waals surface area contributed by atoms with Crippen molar-refractivity contribution in [2.45, 2.75) is 63.6 Å². The molecular formula is C26H27F3N2O4. The largest absolute Gasteiger partial charge is 0.489 e. The molecule has 0 bridgehead atoms. The molecule has 1 aliphatic carbocycles. The van der Waals surface area contributed by atoms with Gasteiger partial charge in [-0.2, -0.15) is 13.2 Å². The molecule has 35 heavy (non-hydrogen) atoms. The molecule has 0 aromatic heterocycles. The van der Waals surface area contributed by atoms with E-state index in [1.807, 2.05) is 0 Å². The third kappa shape index (κ3) is 5.66. The van der Waals surface area contributed by atoms with Crippen LogP contribution in [0, 0.1) is 5.41 Å². The smallest absolute Gasteiger partial charge is 0.416 e. The van der Waals surface area contributed by atoms with Gasteiger partial charge in [0.1, 0.15) is 18.1 Å². The summed E-state index contributed by atoms with van der Waals surface area (Å²) < 4.78 is 47.2. The van der Waals surface area contributed by atoms with Crippen LogP contribution in [0.5, 0.6) is 5.75 Å². The molecule has 1 amide bonds. The van der Waals surface area contributed by atoms with E-state index in [2.05, 4.69) is 0 Å². The van der Waals surface area contributed by atoms with E-state index < -0.39 is 35.7 Å². The minimum absolute atomic E-state index is 0.0662. The SMILES string of the molecule is N=C(CC(=O)O)C(=O)N1CCc2cc(OCc3ccc(C4CCCCC4)cc3C(F)(F)F)ccc21. The third-order valence-corrected chi connectivity index (χ3v) is 6.69. The maximum absolute atomic E-state index is 13.8. The van der Waals surface area contributed by atoms with Gasteiger partial charge in [0.25, 0.3) is 5.91 Å². The lowest BCUT2D eigenvalue weighted by Crippen LogP contribution is -2.35. The molecule has 4 rings (SSSR count). The number of fused-ring (bicyclic) bond motifs is 1. The second-order valence-electron chi connectivity index (χ2n) is 9.08. The van der Waals surface area contributed by atoms with Gasteiger partial charge >= 0.3 is 12.1 Å². The Labute approximate surface area is 201 Å². The number of carbonyl (C=O) groups excluding carboxylic acids is 1. The van der Waals surface area contributed by atoms with Crippen molar-refractivity contribution in [1.82, 2.24) is 0 Å². The second-order valence-corrected chi connectivity index (χ2v) is 9.08. The maximum Gasteiger partial charge on any atom is 0.416 e. The molecule has 0 unspecified atom stereocenters. The molecule has 186 valence electrons. The van der Waals surface area contributed by atoms with Gasteiger partial charge in [-0.25, -0.2) is 0 Å². The number of nitrogens with one attached hydrogen (secondary N) is 1. The number of amides is 1. The number of nitrogens with zero attached hydrogens (tertiary/aromatic N) is 1. The quantitative estimate of drug-likeness (QED) is 0.488. The molecule has 2 aliphatic rings. The van der Waals surface area contributed by atoms with Crippen molar-refractivity contribution < 1.29 is 32.6 Å². The van der Waals surface area contributed by atoms with Gasteiger partial charge in [-0.3, -0.25) is 15.0 Å². The Balaban J connectivity index is 1.48. The predicted molar refractivity (Wildman–Crippen MR) is 124 cm³/mol. The number of hydrogen-bond donors (Lipinski definition) is 2. The molecule has 2 aromatic carbocycles. The summed E-state index contributed by atoms with van der Waals surface area (Å²) in [7, 11) is 0. The first kappa shape index (κ1) is 24.8. The minimum atomic E-state index is -4.48. The van der Waals surface area contributed by atoms with E-state index in [1.165, 1.54) is 17.0 Å². The molecule has 0 atom stereocenters. The zero-order valence-electron chi connectivity index (χ0n) is 19.2. The van der Waals surface area contributed by atoms with Gasteiger partial charge in [0.05, 0.1) is 12.0 Å². The Morgan fingerprint density at radius 3 is 2.51 bits per heavy atom. The van der Waals surface area contributed by atoms with Crippen LogP contribution in [0.15, 0.2) is 36.4 Å². The highest BCUT2D eigenvalue weighted by Gasteiger charge is 2.34. The highest BCUT2D eigenvalue weighted by molar-refractivity contribution is 6.45. The van der Waals surface area contributed by atoms with Crippen molar-refractivity contribution in [3.63, 3.8) is 0 Å². The molecule has 0 spiro atoms. The Kier molecular flexibility index (Phi) is 7.14. The molecule has 9 heteroatoms. The molecule has 1 heterocycles. The van der Waals surface area contributed by atoms with Gasteiger partial charge in [-0.15, -0.1) is 0 Å². The lowest BCUT2D eigenvalue weighted by molar-refractivity contribution is -0.138. The summed E-state index contributed by atoms with van der Waals surface area (Å²) in [5.41, 5.74) is 0.915. The van der Waals surface area contributed by atoms with E-state index in [-0.39, 0.29) is 18.1 Å². The lowest BCUT2D eigenvalue weighted by atomic mass is 9.83. The Hall–Kier alpha value is -3.36. The minimum Gasteiger partial charge on any atom is -0.489 e.